The SMILES string of the molecule is CC(C)c1ccc(NC(=S)Nc2ccon2)cc1. The summed E-state index contributed by atoms with van der Waals surface area (Å²) in [6, 6.07) is 9.89. The monoisotopic (exact) mass is 261 g/mol. The molecule has 0 unspecified atom stereocenters. The van der Waals surface area contributed by atoms with Gasteiger partial charge in [0, 0.05) is 11.8 Å². The lowest BCUT2D eigenvalue weighted by molar-refractivity contribution is 0.423. The molecule has 0 fully saturated rings. The molecule has 0 bridgehead atoms. The van der Waals surface area contributed by atoms with Gasteiger partial charge in [-0.3, -0.25) is 0 Å². The highest BCUT2D eigenvalue weighted by Crippen LogP contribution is 2.17. The lowest BCUT2D eigenvalue weighted by Gasteiger charge is -2.10. The fourth-order valence-corrected chi connectivity index (χ4v) is 1.73. The van der Waals surface area contributed by atoms with Gasteiger partial charge in [-0.15, -0.1) is 0 Å². The Balaban J connectivity index is 1.95. The van der Waals surface area contributed by atoms with E-state index in [-0.39, 0.29) is 0 Å². The highest BCUT2D eigenvalue weighted by molar-refractivity contribution is 7.80. The molecule has 2 N–H and O–H groups in total. The predicted molar refractivity (Wildman–Crippen MR) is 76.9 cm³/mol. The summed E-state index contributed by atoms with van der Waals surface area (Å²) in [6.07, 6.45) is 1.49. The summed E-state index contributed by atoms with van der Waals surface area (Å²) < 4.78 is 4.71. The minimum absolute atomic E-state index is 0.487. The van der Waals surface area contributed by atoms with Gasteiger partial charge >= 0.3 is 0 Å². The fraction of sp³-hybridized carbons (Fsp3) is 0.231. The summed E-state index contributed by atoms with van der Waals surface area (Å²) >= 11 is 5.16. The van der Waals surface area contributed by atoms with Crippen LogP contribution in [0.3, 0.4) is 0 Å². The van der Waals surface area contributed by atoms with E-state index in [1.807, 2.05) is 12.1 Å². The van der Waals surface area contributed by atoms with Crippen molar-refractivity contribution in [3.8, 4) is 0 Å². The Hall–Kier alpha value is -1.88. The summed E-state index contributed by atoms with van der Waals surface area (Å²) in [4.78, 5) is 0. The van der Waals surface area contributed by atoms with E-state index in [9.17, 15) is 0 Å². The van der Waals surface area contributed by atoms with Gasteiger partial charge in [0.05, 0.1) is 0 Å². The molecule has 94 valence electrons. The van der Waals surface area contributed by atoms with E-state index in [0.29, 0.717) is 16.8 Å². The number of nitrogens with zero attached hydrogens (tertiary/aromatic N) is 1. The Morgan fingerprint density at radius 1 is 1.17 bits per heavy atom. The Labute approximate surface area is 111 Å². The van der Waals surface area contributed by atoms with Crippen LogP contribution in [0.5, 0.6) is 0 Å². The summed E-state index contributed by atoms with van der Waals surface area (Å²) in [5.41, 5.74) is 2.25. The Morgan fingerprint density at radius 2 is 1.89 bits per heavy atom. The number of rotatable bonds is 3. The molecule has 0 radical (unpaired) electrons. The summed E-state index contributed by atoms with van der Waals surface area (Å²) in [6.45, 7) is 4.33. The van der Waals surface area contributed by atoms with Crippen molar-refractivity contribution in [3.63, 3.8) is 0 Å². The van der Waals surface area contributed by atoms with Gasteiger partial charge in [0.1, 0.15) is 6.26 Å². The largest absolute Gasteiger partial charge is 0.363 e. The van der Waals surface area contributed by atoms with Crippen molar-refractivity contribution in [3.05, 3.63) is 42.2 Å². The average Bonchev–Trinajstić information content (AvgIpc) is 2.82. The van der Waals surface area contributed by atoms with Gasteiger partial charge in [-0.05, 0) is 35.8 Å². The zero-order valence-electron chi connectivity index (χ0n) is 10.3. The lowest BCUT2D eigenvalue weighted by atomic mass is 10.0. The number of hydrogen-bond acceptors (Lipinski definition) is 3. The van der Waals surface area contributed by atoms with Crippen LogP contribution in [0.2, 0.25) is 0 Å². The van der Waals surface area contributed by atoms with Crippen molar-refractivity contribution in [1.29, 1.82) is 0 Å². The quantitative estimate of drug-likeness (QED) is 0.827. The summed E-state index contributed by atoms with van der Waals surface area (Å²) in [7, 11) is 0. The molecular weight excluding hydrogens is 246 g/mol. The normalized spacial score (nSPS) is 10.4. The Morgan fingerprint density at radius 3 is 2.44 bits per heavy atom. The minimum atomic E-state index is 0.487. The van der Waals surface area contributed by atoms with E-state index >= 15 is 0 Å². The first kappa shape index (κ1) is 12.6. The van der Waals surface area contributed by atoms with Crippen LogP contribution in [0.1, 0.15) is 25.3 Å². The van der Waals surface area contributed by atoms with E-state index in [1.165, 1.54) is 11.8 Å². The van der Waals surface area contributed by atoms with Crippen molar-refractivity contribution >= 4 is 28.8 Å². The summed E-state index contributed by atoms with van der Waals surface area (Å²) in [5.74, 6) is 1.12. The second-order valence-electron chi connectivity index (χ2n) is 4.24. The van der Waals surface area contributed by atoms with Gasteiger partial charge in [-0.25, -0.2) is 0 Å². The number of benzene rings is 1. The molecule has 2 aromatic rings. The van der Waals surface area contributed by atoms with E-state index in [2.05, 4.69) is 41.8 Å². The molecule has 0 aliphatic carbocycles. The van der Waals surface area contributed by atoms with Crippen molar-refractivity contribution in [2.75, 3.05) is 10.6 Å². The van der Waals surface area contributed by atoms with Crippen molar-refractivity contribution in [1.82, 2.24) is 5.16 Å². The highest BCUT2D eigenvalue weighted by atomic mass is 32.1. The topological polar surface area (TPSA) is 50.1 Å². The number of aromatic nitrogens is 1. The molecule has 0 spiro atoms. The third-order valence-corrected chi connectivity index (χ3v) is 2.72. The maximum atomic E-state index is 5.16. The molecule has 0 aliphatic rings. The van der Waals surface area contributed by atoms with Gasteiger partial charge in [0.15, 0.2) is 10.9 Å². The maximum Gasteiger partial charge on any atom is 0.176 e. The van der Waals surface area contributed by atoms with Crippen LogP contribution < -0.4 is 10.6 Å². The third kappa shape index (κ3) is 3.30. The zero-order valence-corrected chi connectivity index (χ0v) is 11.1. The molecule has 0 amide bonds. The van der Waals surface area contributed by atoms with Crippen LogP contribution in [0, 0.1) is 0 Å². The number of thiocarbonyl (C=S) groups is 1. The first-order chi connectivity index (χ1) is 8.65. The van der Waals surface area contributed by atoms with Crippen LogP contribution in [0.15, 0.2) is 41.1 Å². The van der Waals surface area contributed by atoms with Gasteiger partial charge in [-0.1, -0.05) is 31.1 Å². The Kier molecular flexibility index (Phi) is 3.94. The number of hydrogen-bond donors (Lipinski definition) is 2. The molecule has 1 aromatic carbocycles. The molecule has 0 atom stereocenters. The second kappa shape index (κ2) is 5.64. The van der Waals surface area contributed by atoms with Crippen LogP contribution in [-0.4, -0.2) is 10.3 Å². The molecule has 1 aromatic heterocycles. The Bertz CT molecular complexity index is 506. The first-order valence-corrected chi connectivity index (χ1v) is 6.14. The number of anilines is 2. The smallest absolute Gasteiger partial charge is 0.176 e. The molecule has 4 nitrogen and oxygen atoms in total. The highest BCUT2D eigenvalue weighted by Gasteiger charge is 2.02. The lowest BCUT2D eigenvalue weighted by Crippen LogP contribution is -2.19. The molecule has 0 saturated carbocycles. The zero-order chi connectivity index (χ0) is 13.0. The van der Waals surface area contributed by atoms with Crippen LogP contribution in [0.4, 0.5) is 11.5 Å². The molecule has 18 heavy (non-hydrogen) atoms. The molecular formula is C13H15N3OS. The average molecular weight is 261 g/mol. The molecule has 1 heterocycles. The van der Waals surface area contributed by atoms with Gasteiger partial charge in [0.2, 0.25) is 0 Å². The molecule has 0 aliphatic heterocycles. The second-order valence-corrected chi connectivity index (χ2v) is 4.65. The minimum Gasteiger partial charge on any atom is -0.363 e. The standard InChI is InChI=1S/C13H15N3OS/c1-9(2)10-3-5-11(6-4-10)14-13(18)15-12-7-8-17-16-12/h3-9H,1-2H3,(H2,14,15,16,18). The van der Waals surface area contributed by atoms with Crippen molar-refractivity contribution in [2.45, 2.75) is 19.8 Å². The van der Waals surface area contributed by atoms with Gasteiger partial charge in [0.25, 0.3) is 0 Å². The summed E-state index contributed by atoms with van der Waals surface area (Å²) in [5, 5.41) is 10.2. The first-order valence-electron chi connectivity index (χ1n) is 5.73. The van der Waals surface area contributed by atoms with Gasteiger partial charge < -0.3 is 15.2 Å². The van der Waals surface area contributed by atoms with Crippen LogP contribution in [0.25, 0.3) is 0 Å². The van der Waals surface area contributed by atoms with E-state index < -0.39 is 0 Å². The predicted octanol–water partition coefficient (Wildman–Crippen LogP) is 3.61. The maximum absolute atomic E-state index is 5.16. The molecule has 5 heteroatoms. The van der Waals surface area contributed by atoms with Crippen LogP contribution >= 0.6 is 12.2 Å². The van der Waals surface area contributed by atoms with E-state index in [1.54, 1.807) is 6.07 Å². The number of nitrogens with one attached hydrogen (secondary N) is 2. The molecule has 2 rings (SSSR count). The van der Waals surface area contributed by atoms with E-state index in [4.69, 9.17) is 16.7 Å². The van der Waals surface area contributed by atoms with Crippen molar-refractivity contribution < 1.29 is 4.52 Å². The third-order valence-electron chi connectivity index (χ3n) is 2.51. The van der Waals surface area contributed by atoms with Crippen molar-refractivity contribution in [2.24, 2.45) is 0 Å². The van der Waals surface area contributed by atoms with Gasteiger partial charge in [-0.2, -0.15) is 0 Å². The molecule has 0 saturated heterocycles. The fourth-order valence-electron chi connectivity index (χ4n) is 1.51. The van der Waals surface area contributed by atoms with E-state index in [0.717, 1.165) is 5.69 Å². The van der Waals surface area contributed by atoms with Crippen LogP contribution in [-0.2, 0) is 0 Å².